The largest absolute Gasteiger partial charge is 0.272 e. The lowest BCUT2D eigenvalue weighted by Gasteiger charge is -2.23. The molecule has 2 rings (SSSR count). The molecule has 1 N–H and O–H groups in total. The molecular formula is C17H17BrFNO2. The van der Waals surface area contributed by atoms with E-state index in [1.807, 2.05) is 44.2 Å². The van der Waals surface area contributed by atoms with Gasteiger partial charge in [-0.05, 0) is 37.1 Å². The fraction of sp³-hybridized carbons (Fsp3) is 0.235. The lowest BCUT2D eigenvalue weighted by Crippen LogP contribution is -2.39. The van der Waals surface area contributed by atoms with E-state index in [2.05, 4.69) is 21.4 Å². The Kier molecular flexibility index (Phi) is 5.32. The van der Waals surface area contributed by atoms with Crippen LogP contribution in [-0.2, 0) is 21.7 Å². The van der Waals surface area contributed by atoms with Crippen LogP contribution in [-0.4, -0.2) is 5.91 Å². The van der Waals surface area contributed by atoms with E-state index in [1.165, 1.54) is 12.1 Å². The Morgan fingerprint density at radius 2 is 1.91 bits per heavy atom. The summed E-state index contributed by atoms with van der Waals surface area (Å²) in [5.74, 6) is -0.568. The molecule has 0 saturated heterocycles. The summed E-state index contributed by atoms with van der Waals surface area (Å²) in [6, 6.07) is 13.8. The number of hydroxylamine groups is 1. The number of hydrogen-bond acceptors (Lipinski definition) is 2. The van der Waals surface area contributed by atoms with Crippen LogP contribution in [0.2, 0.25) is 0 Å². The molecule has 0 aliphatic heterocycles. The first-order valence-corrected chi connectivity index (χ1v) is 7.62. The number of halogens is 2. The highest BCUT2D eigenvalue weighted by Gasteiger charge is 2.29. The average molecular weight is 366 g/mol. The number of hydrogen-bond donors (Lipinski definition) is 1. The average Bonchev–Trinajstić information content (AvgIpc) is 2.50. The molecule has 0 atom stereocenters. The second-order valence-electron chi connectivity index (χ2n) is 5.45. The van der Waals surface area contributed by atoms with Gasteiger partial charge in [0.1, 0.15) is 12.4 Å². The molecule has 0 aliphatic rings. The van der Waals surface area contributed by atoms with Gasteiger partial charge >= 0.3 is 0 Å². The lowest BCUT2D eigenvalue weighted by molar-refractivity contribution is -0.139. The summed E-state index contributed by atoms with van der Waals surface area (Å²) in [5.41, 5.74) is 3.40. The van der Waals surface area contributed by atoms with Gasteiger partial charge < -0.3 is 0 Å². The van der Waals surface area contributed by atoms with Gasteiger partial charge in [0.25, 0.3) is 5.91 Å². The molecule has 5 heteroatoms. The van der Waals surface area contributed by atoms with Gasteiger partial charge in [0, 0.05) is 4.47 Å². The summed E-state index contributed by atoms with van der Waals surface area (Å²) in [4.78, 5) is 17.5. The summed E-state index contributed by atoms with van der Waals surface area (Å²) < 4.78 is 13.6. The summed E-state index contributed by atoms with van der Waals surface area (Å²) in [5, 5.41) is 0. The van der Waals surface area contributed by atoms with Crippen LogP contribution in [0.15, 0.2) is 53.0 Å². The van der Waals surface area contributed by atoms with E-state index in [4.69, 9.17) is 4.84 Å². The third-order valence-electron chi connectivity index (χ3n) is 3.47. The minimum absolute atomic E-state index is 0.150. The highest BCUT2D eigenvalue weighted by molar-refractivity contribution is 9.10. The Morgan fingerprint density at radius 3 is 2.55 bits per heavy atom. The van der Waals surface area contributed by atoms with Gasteiger partial charge in [-0.25, -0.2) is 9.87 Å². The predicted molar refractivity (Wildman–Crippen MR) is 86.5 cm³/mol. The van der Waals surface area contributed by atoms with E-state index in [1.54, 1.807) is 6.07 Å². The normalized spacial score (nSPS) is 11.3. The number of benzene rings is 2. The molecule has 1 amide bonds. The van der Waals surface area contributed by atoms with Crippen molar-refractivity contribution in [1.82, 2.24) is 5.48 Å². The molecule has 0 unspecified atom stereocenters. The highest BCUT2D eigenvalue weighted by Crippen LogP contribution is 2.23. The van der Waals surface area contributed by atoms with Gasteiger partial charge in [-0.2, -0.15) is 0 Å². The van der Waals surface area contributed by atoms with E-state index in [9.17, 15) is 9.18 Å². The molecule has 0 radical (unpaired) electrons. The van der Waals surface area contributed by atoms with Gasteiger partial charge in [0.05, 0.1) is 5.41 Å². The molecule has 0 heterocycles. The standard InChI is InChI=1S/C17H17BrFNO2/c1-17(2,13-6-4-3-5-7-13)16(21)20-22-11-12-8-9-14(19)10-15(12)18/h3-10H,11H2,1-2H3,(H,20,21). The molecule has 22 heavy (non-hydrogen) atoms. The van der Waals surface area contributed by atoms with Crippen molar-refractivity contribution in [2.75, 3.05) is 0 Å². The van der Waals surface area contributed by atoms with E-state index in [-0.39, 0.29) is 18.3 Å². The third kappa shape index (κ3) is 3.93. The van der Waals surface area contributed by atoms with Crippen molar-refractivity contribution in [3.05, 3.63) is 69.9 Å². The number of carbonyl (C=O) groups is 1. The first kappa shape index (κ1) is 16.6. The Morgan fingerprint density at radius 1 is 1.23 bits per heavy atom. The van der Waals surface area contributed by atoms with Crippen LogP contribution in [0, 0.1) is 5.82 Å². The van der Waals surface area contributed by atoms with Gasteiger partial charge in [-0.15, -0.1) is 0 Å². The smallest absolute Gasteiger partial charge is 0.253 e. The lowest BCUT2D eigenvalue weighted by atomic mass is 9.84. The van der Waals surface area contributed by atoms with E-state index < -0.39 is 5.41 Å². The maximum Gasteiger partial charge on any atom is 0.253 e. The Bertz CT molecular complexity index is 659. The number of amides is 1. The van der Waals surface area contributed by atoms with Crippen molar-refractivity contribution < 1.29 is 14.0 Å². The first-order chi connectivity index (χ1) is 10.4. The Hall–Kier alpha value is -1.72. The molecule has 0 saturated carbocycles. The third-order valence-corrected chi connectivity index (χ3v) is 4.21. The second-order valence-corrected chi connectivity index (χ2v) is 6.30. The van der Waals surface area contributed by atoms with Crippen molar-refractivity contribution in [2.24, 2.45) is 0 Å². The molecule has 0 spiro atoms. The zero-order valence-electron chi connectivity index (χ0n) is 12.4. The topological polar surface area (TPSA) is 38.3 Å². The molecule has 2 aromatic rings. The Labute approximate surface area is 137 Å². The number of rotatable bonds is 5. The molecule has 0 fully saturated rings. The van der Waals surface area contributed by atoms with E-state index in [0.717, 1.165) is 11.1 Å². The number of nitrogens with one attached hydrogen (secondary N) is 1. The van der Waals surface area contributed by atoms with Crippen LogP contribution >= 0.6 is 15.9 Å². The molecule has 3 nitrogen and oxygen atoms in total. The zero-order valence-corrected chi connectivity index (χ0v) is 14.0. The van der Waals surface area contributed by atoms with Crippen LogP contribution in [0.1, 0.15) is 25.0 Å². The molecule has 0 aliphatic carbocycles. The van der Waals surface area contributed by atoms with Crippen molar-refractivity contribution in [2.45, 2.75) is 25.9 Å². The van der Waals surface area contributed by atoms with E-state index >= 15 is 0 Å². The highest BCUT2D eigenvalue weighted by atomic mass is 79.9. The summed E-state index contributed by atoms with van der Waals surface area (Å²) in [6.07, 6.45) is 0. The molecule has 2 aromatic carbocycles. The second kappa shape index (κ2) is 7.03. The maximum absolute atomic E-state index is 13.0. The minimum atomic E-state index is -0.707. The zero-order chi connectivity index (χ0) is 16.2. The molecule has 0 aromatic heterocycles. The van der Waals surface area contributed by atoms with E-state index in [0.29, 0.717) is 4.47 Å². The van der Waals surface area contributed by atoms with Crippen LogP contribution < -0.4 is 5.48 Å². The van der Waals surface area contributed by atoms with Gasteiger partial charge in [0.2, 0.25) is 0 Å². The molecular weight excluding hydrogens is 349 g/mol. The fourth-order valence-electron chi connectivity index (χ4n) is 1.93. The summed E-state index contributed by atoms with van der Waals surface area (Å²) in [6.45, 7) is 3.81. The van der Waals surface area contributed by atoms with Crippen LogP contribution in [0.5, 0.6) is 0 Å². The van der Waals surface area contributed by atoms with Crippen LogP contribution in [0.4, 0.5) is 4.39 Å². The maximum atomic E-state index is 13.0. The van der Waals surface area contributed by atoms with Crippen molar-refractivity contribution in [3.8, 4) is 0 Å². The quantitative estimate of drug-likeness (QED) is 0.809. The molecule has 116 valence electrons. The number of carbonyl (C=O) groups excluding carboxylic acids is 1. The predicted octanol–water partition coefficient (Wildman–Crippen LogP) is 4.11. The minimum Gasteiger partial charge on any atom is -0.272 e. The van der Waals surface area contributed by atoms with Crippen molar-refractivity contribution >= 4 is 21.8 Å². The summed E-state index contributed by atoms with van der Waals surface area (Å²) in [7, 11) is 0. The van der Waals surface area contributed by atoms with Crippen molar-refractivity contribution in [3.63, 3.8) is 0 Å². The monoisotopic (exact) mass is 365 g/mol. The summed E-state index contributed by atoms with van der Waals surface area (Å²) >= 11 is 3.26. The fourth-order valence-corrected chi connectivity index (χ4v) is 2.40. The van der Waals surface area contributed by atoms with Crippen LogP contribution in [0.3, 0.4) is 0 Å². The Balaban J connectivity index is 1.95. The van der Waals surface area contributed by atoms with Gasteiger partial charge in [-0.1, -0.05) is 52.3 Å². The SMILES string of the molecule is CC(C)(C(=O)NOCc1ccc(F)cc1Br)c1ccccc1. The van der Waals surface area contributed by atoms with Crippen LogP contribution in [0.25, 0.3) is 0 Å². The van der Waals surface area contributed by atoms with Gasteiger partial charge in [0.15, 0.2) is 0 Å². The molecule has 0 bridgehead atoms. The first-order valence-electron chi connectivity index (χ1n) is 6.83. The van der Waals surface area contributed by atoms with Crippen molar-refractivity contribution in [1.29, 1.82) is 0 Å². The van der Waals surface area contributed by atoms with Gasteiger partial charge in [-0.3, -0.25) is 9.63 Å².